The molecule has 0 N–H and O–H groups in total. The second-order valence-electron chi connectivity index (χ2n) is 11.9. The van der Waals surface area contributed by atoms with E-state index in [1.165, 1.54) is 10.4 Å². The Morgan fingerprint density at radius 2 is 0.875 bits per heavy atom. The number of hydrogen-bond acceptors (Lipinski definition) is 0. The molecule has 0 spiro atoms. The fraction of sp³-hybridized carbons (Fsp3) is 0.615. The Balaban J connectivity index is -0.000000126. The van der Waals surface area contributed by atoms with Gasteiger partial charge < -0.3 is 14.9 Å². The molecule has 0 nitrogen and oxygen atoms in total. The van der Waals surface area contributed by atoms with Gasteiger partial charge in [0.1, 0.15) is 0 Å². The molecule has 0 aromatic heterocycles. The Morgan fingerprint density at radius 3 is 0.969 bits per heavy atom. The van der Waals surface area contributed by atoms with Gasteiger partial charge in [0.2, 0.25) is 0 Å². The molecule has 0 atom stereocenters. The van der Waals surface area contributed by atoms with Crippen LogP contribution in [0.15, 0.2) is 33.7 Å². The van der Waals surface area contributed by atoms with Crippen LogP contribution in [-0.4, -0.2) is 23.8 Å². The molecule has 0 unspecified atom stereocenters. The summed E-state index contributed by atoms with van der Waals surface area (Å²) in [7, 11) is -0.370. The van der Waals surface area contributed by atoms with E-state index in [2.05, 4.69) is 105 Å². The first-order chi connectivity index (χ1) is 12.4. The van der Waals surface area contributed by atoms with Crippen LogP contribution in [0.5, 0.6) is 0 Å². The third-order valence-electron chi connectivity index (χ3n) is 5.12. The van der Waals surface area contributed by atoms with Crippen LogP contribution in [0.25, 0.3) is 0 Å². The van der Waals surface area contributed by atoms with Crippen molar-refractivity contribution in [3.05, 3.63) is 60.7 Å². The molecule has 2 rings (SSSR count). The van der Waals surface area contributed by atoms with Gasteiger partial charge in [-0.1, -0.05) is 80.8 Å². The standard InChI is InChI=1S/2C12H21Si.2CH3.2ClH.H2Si.Ti/c2*1-12(2,3)10-7-8-11(9-10)13(4,5)6;;;;;;/h2*9H,7H2,1-6H3;2*1H3;2*1H;1H2;/q4*-1;;;;. The van der Waals surface area contributed by atoms with Crippen molar-refractivity contribution in [2.24, 2.45) is 10.8 Å². The van der Waals surface area contributed by atoms with Gasteiger partial charge in [-0.2, -0.15) is 11.1 Å². The number of halogens is 2. The van der Waals surface area contributed by atoms with Gasteiger partial charge in [0.05, 0.1) is 0 Å². The molecule has 190 valence electrons. The summed E-state index contributed by atoms with van der Waals surface area (Å²) in [4.78, 5) is 0. The molecule has 0 radical (unpaired) electrons. The van der Waals surface area contributed by atoms with Crippen molar-refractivity contribution in [2.45, 2.75) is 93.7 Å². The molecule has 0 saturated carbocycles. The minimum absolute atomic E-state index is 0. The summed E-state index contributed by atoms with van der Waals surface area (Å²) in [5, 5.41) is 3.02. The molecule has 32 heavy (non-hydrogen) atoms. The van der Waals surface area contributed by atoms with Gasteiger partial charge in [0.25, 0.3) is 0 Å². The summed E-state index contributed by atoms with van der Waals surface area (Å²) in [6, 6.07) is 0. The van der Waals surface area contributed by atoms with E-state index in [0.717, 1.165) is 12.8 Å². The molecule has 0 aromatic rings. The first kappa shape index (κ1) is 43.0. The first-order valence-corrected chi connectivity index (χ1v) is 21.4. The fourth-order valence-electron chi connectivity index (χ4n) is 2.86. The zero-order chi connectivity index (χ0) is 22.6. The van der Waals surface area contributed by atoms with Crippen LogP contribution < -0.4 is 0 Å². The Bertz CT molecular complexity index is 605. The maximum absolute atomic E-state index is 3.54. The van der Waals surface area contributed by atoms with E-state index in [0.29, 0.717) is 10.8 Å². The molecule has 0 fully saturated rings. The first-order valence-electron chi connectivity index (χ1n) is 10.4. The van der Waals surface area contributed by atoms with Crippen LogP contribution in [-0.2, 0) is 19.2 Å². The normalized spacial score (nSPS) is 15.2. The van der Waals surface area contributed by atoms with Crippen LogP contribution in [0.2, 0.25) is 39.3 Å². The summed E-state index contributed by atoms with van der Waals surface area (Å²) >= 11 is 2.03. The summed E-state index contributed by atoms with van der Waals surface area (Å²) in [6.07, 6.45) is 14.0. The molecule has 0 saturated heterocycles. The van der Waals surface area contributed by atoms with Crippen molar-refractivity contribution >= 4 is 48.6 Å². The Kier molecular flexibility index (Phi) is 22.3. The molecule has 6 heteroatoms. The van der Waals surface area contributed by atoms with Gasteiger partial charge >= 0.3 is 26.8 Å². The number of rotatable bonds is 2. The summed E-state index contributed by atoms with van der Waals surface area (Å²) in [5.74, 6) is 0. The second-order valence-corrected chi connectivity index (χ2v) is 22.0. The van der Waals surface area contributed by atoms with Crippen LogP contribution in [0.4, 0.5) is 0 Å². The molecule has 0 aliphatic heterocycles. The van der Waals surface area contributed by atoms with Crippen LogP contribution in [0.3, 0.4) is 0 Å². The van der Waals surface area contributed by atoms with Crippen LogP contribution in [0.1, 0.15) is 54.4 Å². The van der Waals surface area contributed by atoms with Gasteiger partial charge in [-0.3, -0.25) is 12.2 Å². The zero-order valence-corrected chi connectivity index (χ0v) is 30.2. The SMILES string of the molecule is CC(C)(C)C1=CC([Si](C)(C)C)=[C-]C1.CC(C)(C)C1=CC([Si](C)(C)C)=[C-]C1.Cl.Cl.[CH3-].[CH3-].[SiH2]=[Ti]. The molecule has 0 aromatic carbocycles. The predicted octanol–water partition coefficient (Wildman–Crippen LogP) is 8.76. The van der Waals surface area contributed by atoms with Crippen LogP contribution in [0, 0.1) is 37.8 Å². The molecular formula is C26H52Cl2Si3Ti-4. The average molecular weight is 568 g/mol. The molecule has 2 aliphatic carbocycles. The van der Waals surface area contributed by atoms with Crippen molar-refractivity contribution in [1.29, 1.82) is 0 Å². The third kappa shape index (κ3) is 15.0. The van der Waals surface area contributed by atoms with Crippen molar-refractivity contribution in [3.63, 3.8) is 0 Å². The Labute approximate surface area is 231 Å². The monoisotopic (exact) mass is 566 g/mol. The molecule has 0 bridgehead atoms. The van der Waals surface area contributed by atoms with E-state index in [4.69, 9.17) is 0 Å². The minimum atomic E-state index is -1.12. The molecule has 2 aliphatic rings. The zero-order valence-electron chi connectivity index (χ0n) is 23.6. The van der Waals surface area contributed by atoms with E-state index in [1.807, 2.05) is 26.8 Å². The van der Waals surface area contributed by atoms with Crippen molar-refractivity contribution in [3.8, 4) is 0 Å². The molecule has 0 amide bonds. The Hall–Kier alpha value is 0.905. The number of allylic oxidation sites excluding steroid dienone is 8. The van der Waals surface area contributed by atoms with Gasteiger partial charge in [0, 0.05) is 16.1 Å². The fourth-order valence-corrected chi connectivity index (χ4v) is 5.31. The van der Waals surface area contributed by atoms with Gasteiger partial charge in [-0.15, -0.1) is 37.7 Å². The quantitative estimate of drug-likeness (QED) is 0.231. The van der Waals surface area contributed by atoms with E-state index >= 15 is 0 Å². The summed E-state index contributed by atoms with van der Waals surface area (Å²) < 4.78 is 0. The van der Waals surface area contributed by atoms with E-state index in [9.17, 15) is 0 Å². The molecular weight excluding hydrogens is 515 g/mol. The van der Waals surface area contributed by atoms with Crippen molar-refractivity contribution in [1.82, 2.24) is 0 Å². The van der Waals surface area contributed by atoms with E-state index in [1.54, 1.807) is 11.1 Å². The van der Waals surface area contributed by atoms with E-state index in [-0.39, 0.29) is 39.7 Å². The maximum atomic E-state index is 3.54. The van der Waals surface area contributed by atoms with Crippen LogP contribution >= 0.6 is 24.8 Å². The van der Waals surface area contributed by atoms with Gasteiger partial charge in [0.15, 0.2) is 0 Å². The van der Waals surface area contributed by atoms with Gasteiger partial charge in [-0.05, 0) is 10.8 Å². The Morgan fingerprint density at radius 1 is 0.656 bits per heavy atom. The third-order valence-corrected chi connectivity index (χ3v) is 8.99. The van der Waals surface area contributed by atoms with E-state index < -0.39 is 16.1 Å². The second kappa shape index (κ2) is 16.6. The van der Waals surface area contributed by atoms with Crippen molar-refractivity contribution < 1.29 is 19.2 Å². The van der Waals surface area contributed by atoms with Crippen molar-refractivity contribution in [2.75, 3.05) is 0 Å². The average Bonchev–Trinajstić information content (AvgIpc) is 3.17. The number of hydrogen-bond donors (Lipinski definition) is 0. The van der Waals surface area contributed by atoms with Gasteiger partial charge in [-0.25, -0.2) is 22.5 Å². The topological polar surface area (TPSA) is 0 Å². The predicted molar refractivity (Wildman–Crippen MR) is 160 cm³/mol. The summed E-state index contributed by atoms with van der Waals surface area (Å²) in [6.45, 7) is 28.0. The molecule has 0 heterocycles. The summed E-state index contributed by atoms with van der Waals surface area (Å²) in [5.41, 5.74) is 3.75.